The highest BCUT2D eigenvalue weighted by molar-refractivity contribution is 6.33. The second-order valence-corrected chi connectivity index (χ2v) is 14.0. The number of hydrogen-bond acceptors (Lipinski definition) is 8. The molecule has 4 heterocycles. The molecule has 0 saturated carbocycles. The molecule has 2 aliphatic rings. The van der Waals surface area contributed by atoms with E-state index in [2.05, 4.69) is 26.9 Å². The molecule has 2 aromatic carbocycles. The van der Waals surface area contributed by atoms with Gasteiger partial charge in [0.25, 0.3) is 5.91 Å². The van der Waals surface area contributed by atoms with Gasteiger partial charge in [-0.2, -0.15) is 19.0 Å². The summed E-state index contributed by atoms with van der Waals surface area (Å²) < 4.78 is 46.8. The highest BCUT2D eigenvalue weighted by atomic mass is 35.5. The fourth-order valence-electron chi connectivity index (χ4n) is 6.16. The van der Waals surface area contributed by atoms with Crippen LogP contribution in [0.5, 0.6) is 0 Å². The van der Waals surface area contributed by atoms with Crippen molar-refractivity contribution in [2.24, 2.45) is 16.1 Å². The summed E-state index contributed by atoms with van der Waals surface area (Å²) in [5.74, 6) is -0.370. The molecule has 0 aliphatic carbocycles. The fourth-order valence-corrected chi connectivity index (χ4v) is 6.37. The molecule has 50 heavy (non-hydrogen) atoms. The number of ether oxygens (including phenoxy) is 1. The lowest BCUT2D eigenvalue weighted by Crippen LogP contribution is -2.59. The Hall–Kier alpha value is -5.18. The predicted octanol–water partition coefficient (Wildman–Crippen LogP) is 6.26. The first-order valence-electron chi connectivity index (χ1n) is 15.6. The summed E-state index contributed by atoms with van der Waals surface area (Å²) in [6.07, 6.45) is 3.11. The van der Waals surface area contributed by atoms with Crippen molar-refractivity contribution < 1.29 is 27.5 Å². The lowest BCUT2D eigenvalue weighted by molar-refractivity contribution is -0.133. The molecule has 0 spiro atoms. The number of aliphatic imine (C=N–C) groups is 1. The van der Waals surface area contributed by atoms with Crippen molar-refractivity contribution in [1.82, 2.24) is 34.8 Å². The van der Waals surface area contributed by atoms with Crippen molar-refractivity contribution in [1.29, 1.82) is 0 Å². The van der Waals surface area contributed by atoms with Gasteiger partial charge < -0.3 is 15.4 Å². The molecule has 262 valence electrons. The maximum absolute atomic E-state index is 15.0. The van der Waals surface area contributed by atoms with Gasteiger partial charge in [0.2, 0.25) is 5.96 Å². The number of benzene rings is 2. The summed E-state index contributed by atoms with van der Waals surface area (Å²) >= 11 is 6.52. The van der Waals surface area contributed by atoms with Crippen LogP contribution in [0.1, 0.15) is 51.4 Å². The molecule has 2 atom stereocenters. The minimum absolute atomic E-state index is 0.132. The third-order valence-corrected chi connectivity index (χ3v) is 9.19. The number of nitrogens with one attached hydrogen (secondary N) is 1. The van der Waals surface area contributed by atoms with Crippen LogP contribution in [0.25, 0.3) is 22.5 Å². The number of nitrogens with two attached hydrogens (primary N) is 1. The van der Waals surface area contributed by atoms with Gasteiger partial charge in [0.1, 0.15) is 18.6 Å². The molecule has 12 nitrogen and oxygen atoms in total. The first-order chi connectivity index (χ1) is 23.5. The second-order valence-electron chi connectivity index (χ2n) is 13.6. The van der Waals surface area contributed by atoms with Gasteiger partial charge in [0.15, 0.2) is 11.4 Å². The summed E-state index contributed by atoms with van der Waals surface area (Å²) in [5.41, 5.74) is 5.56. The monoisotopic (exact) mass is 709 g/mol. The van der Waals surface area contributed by atoms with E-state index in [0.717, 1.165) is 0 Å². The topological polar surface area (TPSA) is 148 Å². The molecule has 4 aromatic rings. The van der Waals surface area contributed by atoms with Gasteiger partial charge in [-0.05, 0) is 46.7 Å². The Kier molecular flexibility index (Phi) is 8.75. The lowest BCUT2D eigenvalue weighted by atomic mass is 9.71. The Labute approximate surface area is 290 Å². The number of carbonyl (C=O) groups is 2. The molecule has 1 fully saturated rings. The Morgan fingerprint density at radius 3 is 2.44 bits per heavy atom. The van der Waals surface area contributed by atoms with Crippen LogP contribution < -0.4 is 5.73 Å². The van der Waals surface area contributed by atoms with Gasteiger partial charge in [0, 0.05) is 17.3 Å². The van der Waals surface area contributed by atoms with Gasteiger partial charge in [0.05, 0.1) is 30.4 Å². The number of carbonyl (C=O) groups excluding carboxylic acids is 2. The summed E-state index contributed by atoms with van der Waals surface area (Å²) in [5, 5.41) is 10.7. The highest BCUT2D eigenvalue weighted by Gasteiger charge is 2.55. The number of nitrogens with zero attached hydrogens (tertiary/aromatic N) is 7. The van der Waals surface area contributed by atoms with Gasteiger partial charge in [-0.3, -0.25) is 14.8 Å². The predicted molar refractivity (Wildman–Crippen MR) is 180 cm³/mol. The normalized spacial score (nSPS) is 19.4. The molecule has 2 aromatic heterocycles. The Morgan fingerprint density at radius 1 is 1.16 bits per heavy atom. The molecule has 0 unspecified atom stereocenters. The van der Waals surface area contributed by atoms with Gasteiger partial charge in [-0.25, -0.2) is 23.8 Å². The molecule has 2 amide bonds. The zero-order valence-corrected chi connectivity index (χ0v) is 28.5. The largest absolute Gasteiger partial charge is 0.447 e. The Balaban J connectivity index is 1.41. The van der Waals surface area contributed by atoms with Crippen LogP contribution in [-0.2, 0) is 15.1 Å². The third kappa shape index (κ3) is 6.21. The second kappa shape index (κ2) is 12.6. The highest BCUT2D eigenvalue weighted by Crippen LogP contribution is 2.48. The van der Waals surface area contributed by atoms with E-state index in [4.69, 9.17) is 27.1 Å². The SMILES string of the molecule is C=C(C(C)(C)C)[C@]1(c2ccc(-c3cnn(C(F)F)c3)cc2)N=C(N)N([C@H](COC(=O)N2CC(C)(F)C2)c2ccc(Cl)c(-c3ncn[nH]3)c2)C1=O. The molecule has 0 bridgehead atoms. The first-order valence-corrected chi connectivity index (χ1v) is 16.0. The molecule has 2 aliphatic heterocycles. The van der Waals surface area contributed by atoms with Crippen LogP contribution in [0.2, 0.25) is 5.02 Å². The van der Waals surface area contributed by atoms with E-state index in [9.17, 15) is 18.0 Å². The maximum Gasteiger partial charge on any atom is 0.410 e. The Morgan fingerprint density at radius 2 is 1.86 bits per heavy atom. The maximum atomic E-state index is 15.0. The summed E-state index contributed by atoms with van der Waals surface area (Å²) in [6.45, 7) is 7.95. The molecule has 1 saturated heterocycles. The number of H-pyrrole nitrogens is 1. The van der Waals surface area contributed by atoms with Crippen LogP contribution in [-0.4, -0.2) is 78.1 Å². The van der Waals surface area contributed by atoms with Crippen molar-refractivity contribution in [2.75, 3.05) is 19.7 Å². The van der Waals surface area contributed by atoms with Crippen molar-refractivity contribution in [3.63, 3.8) is 0 Å². The fraction of sp³-hybridized carbons (Fsp3) is 0.353. The van der Waals surface area contributed by atoms with Crippen molar-refractivity contribution in [3.8, 4) is 22.5 Å². The van der Waals surface area contributed by atoms with E-state index in [1.54, 1.807) is 42.5 Å². The third-order valence-electron chi connectivity index (χ3n) is 8.86. The first kappa shape index (κ1) is 34.7. The zero-order valence-electron chi connectivity index (χ0n) is 27.7. The number of hydrogen-bond donors (Lipinski definition) is 2. The van der Waals surface area contributed by atoms with Crippen molar-refractivity contribution >= 4 is 29.6 Å². The number of halogens is 4. The number of aromatic amines is 1. The van der Waals surface area contributed by atoms with Gasteiger partial charge >= 0.3 is 12.6 Å². The van der Waals surface area contributed by atoms with Crippen molar-refractivity contribution in [3.05, 3.63) is 89.5 Å². The van der Waals surface area contributed by atoms with E-state index >= 15 is 4.79 Å². The average Bonchev–Trinajstić information content (AvgIpc) is 3.81. The van der Waals surface area contributed by atoms with E-state index in [1.807, 2.05) is 20.8 Å². The number of likely N-dealkylation sites (tertiary alicyclic amines) is 1. The number of amides is 2. The van der Waals surface area contributed by atoms with Crippen LogP contribution in [0.4, 0.5) is 18.0 Å². The molecule has 6 rings (SSSR count). The van der Waals surface area contributed by atoms with E-state index in [1.165, 1.54) is 35.4 Å². The zero-order chi connectivity index (χ0) is 36.2. The Bertz CT molecular complexity index is 1960. The van der Waals surface area contributed by atoms with Crippen LogP contribution >= 0.6 is 11.6 Å². The van der Waals surface area contributed by atoms with Crippen molar-refractivity contribution in [2.45, 2.75) is 51.5 Å². The minimum atomic E-state index is -2.80. The van der Waals surface area contributed by atoms with E-state index in [-0.39, 0.29) is 25.7 Å². The van der Waals surface area contributed by atoms with E-state index in [0.29, 0.717) is 48.9 Å². The standard InChI is InChI=1S/C34H35ClF3N9O3/c1-19(32(2,3)4)34(23-9-6-20(7-10-23)22-13-42-46(14-22)29(36)37)28(48)47(30(39)43-34)26(15-50-31(49)45-16-33(5,38)17-45)21-8-11-25(35)24(12-21)27-40-18-41-44-27/h6-14,18,26,29H,1,15-17H2,2-5H3,(H2,39,43)(H,40,41,44)/t26-,34-/m1/s1. The van der Waals surface area contributed by atoms with Crippen LogP contribution in [0, 0.1) is 5.41 Å². The number of aromatic nitrogens is 5. The van der Waals surface area contributed by atoms with Gasteiger partial charge in [-0.15, -0.1) is 0 Å². The van der Waals surface area contributed by atoms with Crippen LogP contribution in [0.15, 0.2) is 78.3 Å². The van der Waals surface area contributed by atoms with Crippen LogP contribution in [0.3, 0.4) is 0 Å². The number of rotatable bonds is 9. The molecular weight excluding hydrogens is 675 g/mol. The minimum Gasteiger partial charge on any atom is -0.447 e. The smallest absolute Gasteiger partial charge is 0.410 e. The quantitative estimate of drug-likeness (QED) is 0.195. The van der Waals surface area contributed by atoms with E-state index < -0.39 is 41.2 Å². The lowest BCUT2D eigenvalue weighted by Gasteiger charge is -2.41. The summed E-state index contributed by atoms with van der Waals surface area (Å²) in [4.78, 5) is 39.5. The molecular formula is C34H35ClF3N9O3. The number of alkyl halides is 3. The number of guanidine groups is 1. The molecule has 0 radical (unpaired) electrons. The molecule has 16 heteroatoms. The van der Waals surface area contributed by atoms with Gasteiger partial charge in [-0.1, -0.05) is 69.3 Å². The summed E-state index contributed by atoms with van der Waals surface area (Å²) in [6, 6.07) is 10.6. The summed E-state index contributed by atoms with van der Waals surface area (Å²) in [7, 11) is 0. The average molecular weight is 710 g/mol. The molecule has 3 N–H and O–H groups in total.